The van der Waals surface area contributed by atoms with E-state index >= 15 is 0 Å². The summed E-state index contributed by atoms with van der Waals surface area (Å²) in [6, 6.07) is 4.13. The zero-order valence-electron chi connectivity index (χ0n) is 10.7. The Morgan fingerprint density at radius 3 is 2.79 bits per heavy atom. The Morgan fingerprint density at radius 2 is 2.05 bits per heavy atom. The van der Waals surface area contributed by atoms with Crippen LogP contribution in [-0.4, -0.2) is 11.9 Å². The van der Waals surface area contributed by atoms with Gasteiger partial charge in [0.05, 0.1) is 10.9 Å². The minimum atomic E-state index is -0.537. The molecule has 0 radical (unpaired) electrons. The summed E-state index contributed by atoms with van der Waals surface area (Å²) in [6.45, 7) is 0. The number of carbonyl (C=O) groups is 1. The molecule has 2 atom stereocenters. The molecule has 0 heterocycles. The zero-order chi connectivity index (χ0) is 13.8. The number of rotatable bonds is 2. The molecule has 1 fully saturated rings. The average Bonchev–Trinajstić information content (AvgIpc) is 2.58. The Morgan fingerprint density at radius 1 is 1.32 bits per heavy atom. The fourth-order valence-electron chi connectivity index (χ4n) is 2.47. The van der Waals surface area contributed by atoms with E-state index in [4.69, 9.17) is 17.3 Å². The molecule has 2 unspecified atom stereocenters. The normalized spacial score (nSPS) is 23.7. The van der Waals surface area contributed by atoms with E-state index in [1.165, 1.54) is 12.1 Å². The van der Waals surface area contributed by atoms with Crippen molar-refractivity contribution >= 4 is 23.2 Å². The number of hydrogen-bond acceptors (Lipinski definition) is 2. The molecule has 0 aliphatic heterocycles. The van der Waals surface area contributed by atoms with Gasteiger partial charge in [0.2, 0.25) is 5.91 Å². The monoisotopic (exact) mass is 284 g/mol. The summed E-state index contributed by atoms with van der Waals surface area (Å²) in [5.74, 6) is -0.859. The summed E-state index contributed by atoms with van der Waals surface area (Å²) < 4.78 is 13.3. The van der Waals surface area contributed by atoms with Crippen LogP contribution in [0.25, 0.3) is 0 Å². The second-order valence-corrected chi connectivity index (χ2v) is 5.43. The summed E-state index contributed by atoms with van der Waals surface area (Å²) in [4.78, 5) is 12.2. The summed E-state index contributed by atoms with van der Waals surface area (Å²) in [6.07, 6.45) is 4.87. The van der Waals surface area contributed by atoms with E-state index in [1.807, 2.05) is 0 Å². The molecule has 2 rings (SSSR count). The molecule has 1 aromatic rings. The van der Waals surface area contributed by atoms with E-state index in [-0.39, 0.29) is 22.9 Å². The first-order valence-electron chi connectivity index (χ1n) is 6.59. The minimum Gasteiger partial charge on any atom is -0.327 e. The standard InChI is InChI=1S/C14H18ClFN2O/c15-11-7-6-9(8-12(11)16)18-14(19)10-4-2-1-3-5-13(10)17/h6-8,10,13H,1-5,17H2,(H,18,19). The third kappa shape index (κ3) is 3.67. The lowest BCUT2D eigenvalue weighted by Gasteiger charge is -2.20. The summed E-state index contributed by atoms with van der Waals surface area (Å²) in [7, 11) is 0. The van der Waals surface area contributed by atoms with Gasteiger partial charge in [-0.1, -0.05) is 30.9 Å². The molecule has 1 aliphatic rings. The van der Waals surface area contributed by atoms with Crippen molar-refractivity contribution in [3.05, 3.63) is 29.0 Å². The van der Waals surface area contributed by atoms with Crippen LogP contribution in [0.3, 0.4) is 0 Å². The third-order valence-corrected chi connectivity index (χ3v) is 3.90. The van der Waals surface area contributed by atoms with Gasteiger partial charge in [-0.15, -0.1) is 0 Å². The first kappa shape index (κ1) is 14.3. The smallest absolute Gasteiger partial charge is 0.229 e. The molecule has 1 aliphatic carbocycles. The fourth-order valence-corrected chi connectivity index (χ4v) is 2.59. The van der Waals surface area contributed by atoms with Crippen molar-refractivity contribution in [1.29, 1.82) is 0 Å². The number of hydrogen-bond donors (Lipinski definition) is 2. The Bertz CT molecular complexity index is 467. The minimum absolute atomic E-state index is 0.0455. The van der Waals surface area contributed by atoms with Gasteiger partial charge in [0.15, 0.2) is 0 Å². The molecule has 1 amide bonds. The summed E-state index contributed by atoms with van der Waals surface area (Å²) >= 11 is 5.60. The van der Waals surface area contributed by atoms with E-state index in [9.17, 15) is 9.18 Å². The van der Waals surface area contributed by atoms with E-state index in [0.717, 1.165) is 32.1 Å². The summed E-state index contributed by atoms with van der Waals surface area (Å²) in [5, 5.41) is 2.77. The molecule has 5 heteroatoms. The predicted molar refractivity (Wildman–Crippen MR) is 74.6 cm³/mol. The number of anilines is 1. The Labute approximate surface area is 117 Å². The number of halogens is 2. The molecular weight excluding hydrogens is 267 g/mol. The number of nitrogens with one attached hydrogen (secondary N) is 1. The second-order valence-electron chi connectivity index (χ2n) is 5.03. The van der Waals surface area contributed by atoms with Crippen molar-refractivity contribution in [1.82, 2.24) is 0 Å². The lowest BCUT2D eigenvalue weighted by molar-refractivity contribution is -0.120. The van der Waals surface area contributed by atoms with Crippen molar-refractivity contribution in [2.45, 2.75) is 38.1 Å². The highest BCUT2D eigenvalue weighted by Gasteiger charge is 2.27. The largest absolute Gasteiger partial charge is 0.327 e. The Balaban J connectivity index is 2.04. The lowest BCUT2D eigenvalue weighted by atomic mass is 9.94. The van der Waals surface area contributed by atoms with Crippen molar-refractivity contribution in [3.8, 4) is 0 Å². The van der Waals surface area contributed by atoms with Gasteiger partial charge in [0.1, 0.15) is 5.82 Å². The zero-order valence-corrected chi connectivity index (χ0v) is 11.4. The molecule has 0 spiro atoms. The van der Waals surface area contributed by atoms with Gasteiger partial charge in [-0.2, -0.15) is 0 Å². The molecule has 0 bridgehead atoms. The molecule has 1 saturated carbocycles. The van der Waals surface area contributed by atoms with Crippen LogP contribution >= 0.6 is 11.6 Å². The topological polar surface area (TPSA) is 55.1 Å². The van der Waals surface area contributed by atoms with Crippen LogP contribution in [0.2, 0.25) is 5.02 Å². The van der Waals surface area contributed by atoms with Crippen LogP contribution in [0, 0.1) is 11.7 Å². The first-order chi connectivity index (χ1) is 9.08. The number of benzene rings is 1. The quantitative estimate of drug-likeness (QED) is 0.819. The van der Waals surface area contributed by atoms with Crippen LogP contribution in [0.5, 0.6) is 0 Å². The molecule has 0 aromatic heterocycles. The SMILES string of the molecule is NC1CCCCCC1C(=O)Nc1ccc(Cl)c(F)c1. The van der Waals surface area contributed by atoms with Gasteiger partial charge >= 0.3 is 0 Å². The van der Waals surface area contributed by atoms with Crippen molar-refractivity contribution in [2.24, 2.45) is 11.7 Å². The van der Waals surface area contributed by atoms with Crippen molar-refractivity contribution in [2.75, 3.05) is 5.32 Å². The summed E-state index contributed by atoms with van der Waals surface area (Å²) in [5.41, 5.74) is 6.45. The molecule has 3 N–H and O–H groups in total. The fraction of sp³-hybridized carbons (Fsp3) is 0.500. The average molecular weight is 285 g/mol. The van der Waals surface area contributed by atoms with Gasteiger partial charge in [-0.25, -0.2) is 4.39 Å². The Kier molecular flexibility index (Phi) is 4.77. The number of amides is 1. The van der Waals surface area contributed by atoms with Gasteiger partial charge in [0, 0.05) is 11.7 Å². The maximum Gasteiger partial charge on any atom is 0.229 e. The highest BCUT2D eigenvalue weighted by Crippen LogP contribution is 2.24. The highest BCUT2D eigenvalue weighted by atomic mass is 35.5. The van der Waals surface area contributed by atoms with E-state index < -0.39 is 5.82 Å². The van der Waals surface area contributed by atoms with Gasteiger partial charge < -0.3 is 11.1 Å². The van der Waals surface area contributed by atoms with Crippen molar-refractivity contribution in [3.63, 3.8) is 0 Å². The van der Waals surface area contributed by atoms with Crippen LogP contribution in [0.4, 0.5) is 10.1 Å². The van der Waals surface area contributed by atoms with Gasteiger partial charge in [-0.3, -0.25) is 4.79 Å². The highest BCUT2D eigenvalue weighted by molar-refractivity contribution is 6.30. The lowest BCUT2D eigenvalue weighted by Crippen LogP contribution is -2.37. The van der Waals surface area contributed by atoms with Crippen LogP contribution < -0.4 is 11.1 Å². The molecule has 104 valence electrons. The third-order valence-electron chi connectivity index (χ3n) is 3.59. The van der Waals surface area contributed by atoms with Gasteiger partial charge in [0.25, 0.3) is 0 Å². The first-order valence-corrected chi connectivity index (χ1v) is 6.97. The maximum absolute atomic E-state index is 13.3. The molecular formula is C14H18ClFN2O. The number of nitrogens with two attached hydrogens (primary N) is 1. The van der Waals surface area contributed by atoms with E-state index in [1.54, 1.807) is 6.07 Å². The van der Waals surface area contributed by atoms with Crippen LogP contribution in [0.1, 0.15) is 32.1 Å². The maximum atomic E-state index is 13.3. The Hall–Kier alpha value is -1.13. The van der Waals surface area contributed by atoms with Crippen LogP contribution in [0.15, 0.2) is 18.2 Å². The second kappa shape index (κ2) is 6.35. The number of carbonyl (C=O) groups excluding carboxylic acids is 1. The molecule has 3 nitrogen and oxygen atoms in total. The molecule has 19 heavy (non-hydrogen) atoms. The van der Waals surface area contributed by atoms with E-state index in [2.05, 4.69) is 5.32 Å². The van der Waals surface area contributed by atoms with E-state index in [0.29, 0.717) is 5.69 Å². The predicted octanol–water partition coefficient (Wildman–Crippen LogP) is 3.33. The molecule has 1 aromatic carbocycles. The molecule has 0 saturated heterocycles. The van der Waals surface area contributed by atoms with Crippen LogP contribution in [-0.2, 0) is 4.79 Å². The van der Waals surface area contributed by atoms with Gasteiger partial charge in [-0.05, 0) is 31.0 Å². The van der Waals surface area contributed by atoms with Crippen molar-refractivity contribution < 1.29 is 9.18 Å².